The fourth-order valence-corrected chi connectivity index (χ4v) is 4.20. The average molecular weight is 267 g/mol. The fraction of sp³-hybridized carbons (Fsp3) is 1.00. The highest BCUT2D eigenvalue weighted by molar-refractivity contribution is 4.90. The monoisotopic (exact) mass is 267 g/mol. The smallest absolute Gasteiger partial charge is 0.0631 e. The molecule has 1 aliphatic heterocycles. The van der Waals surface area contributed by atoms with Crippen molar-refractivity contribution in [2.45, 2.75) is 84.3 Å². The van der Waals surface area contributed by atoms with Gasteiger partial charge in [0, 0.05) is 12.6 Å². The molecule has 0 radical (unpaired) electrons. The summed E-state index contributed by atoms with van der Waals surface area (Å²) in [7, 11) is 0. The molecular formula is C17H33NO. The number of aliphatic hydroxyl groups excluding tert-OH is 1. The van der Waals surface area contributed by atoms with Crippen molar-refractivity contribution < 1.29 is 5.11 Å². The Balaban J connectivity index is 1.97. The normalized spacial score (nSPS) is 36.9. The van der Waals surface area contributed by atoms with E-state index < -0.39 is 0 Å². The molecule has 0 bridgehead atoms. The molecule has 2 nitrogen and oxygen atoms in total. The van der Waals surface area contributed by atoms with Crippen LogP contribution in [-0.4, -0.2) is 35.2 Å². The molecular weight excluding hydrogens is 234 g/mol. The van der Waals surface area contributed by atoms with E-state index in [0.29, 0.717) is 5.92 Å². The lowest BCUT2D eigenvalue weighted by molar-refractivity contribution is -0.0468. The number of aliphatic hydroxyl groups is 1. The molecule has 3 atom stereocenters. The van der Waals surface area contributed by atoms with Crippen molar-refractivity contribution in [2.24, 2.45) is 11.3 Å². The Kier molecular flexibility index (Phi) is 5.30. The summed E-state index contributed by atoms with van der Waals surface area (Å²) in [6.07, 6.45) is 10.4. The van der Waals surface area contributed by atoms with Gasteiger partial charge in [-0.25, -0.2) is 0 Å². The zero-order valence-corrected chi connectivity index (χ0v) is 13.2. The van der Waals surface area contributed by atoms with E-state index in [-0.39, 0.29) is 11.5 Å². The van der Waals surface area contributed by atoms with Gasteiger partial charge in [0.2, 0.25) is 0 Å². The Labute approximate surface area is 119 Å². The third-order valence-electron chi connectivity index (χ3n) is 5.58. The standard InChI is InChI=1S/C17H33NO/c1-4-15-10-6-5-7-12-18(15)13-14-9-8-11-17(2,3)16(14)19/h14-16,19H,4-13H2,1-3H3. The maximum absolute atomic E-state index is 10.6. The molecule has 3 unspecified atom stereocenters. The van der Waals surface area contributed by atoms with Gasteiger partial charge < -0.3 is 10.0 Å². The Morgan fingerprint density at radius 3 is 2.63 bits per heavy atom. The van der Waals surface area contributed by atoms with Crippen LogP contribution in [0.2, 0.25) is 0 Å². The lowest BCUT2D eigenvalue weighted by Crippen LogP contribution is -2.47. The predicted molar refractivity (Wildman–Crippen MR) is 81.2 cm³/mol. The molecule has 2 heteroatoms. The maximum Gasteiger partial charge on any atom is 0.0631 e. The molecule has 0 spiro atoms. The largest absolute Gasteiger partial charge is 0.392 e. The molecule has 112 valence electrons. The van der Waals surface area contributed by atoms with Crippen LogP contribution in [0.3, 0.4) is 0 Å². The summed E-state index contributed by atoms with van der Waals surface area (Å²) in [6, 6.07) is 0.764. The third kappa shape index (κ3) is 3.72. The predicted octanol–water partition coefficient (Wildman–Crippen LogP) is 3.83. The molecule has 19 heavy (non-hydrogen) atoms. The second-order valence-electron chi connectivity index (χ2n) is 7.49. The lowest BCUT2D eigenvalue weighted by atomic mass is 9.69. The van der Waals surface area contributed by atoms with E-state index in [1.54, 1.807) is 0 Å². The Morgan fingerprint density at radius 2 is 1.89 bits per heavy atom. The van der Waals surface area contributed by atoms with Crippen molar-refractivity contribution in [1.29, 1.82) is 0 Å². The molecule has 1 aliphatic carbocycles. The highest BCUT2D eigenvalue weighted by atomic mass is 16.3. The molecule has 2 rings (SSSR count). The third-order valence-corrected chi connectivity index (χ3v) is 5.58. The van der Waals surface area contributed by atoms with Crippen LogP contribution in [0.1, 0.15) is 72.1 Å². The molecule has 0 aromatic rings. The van der Waals surface area contributed by atoms with E-state index in [1.165, 1.54) is 57.9 Å². The zero-order valence-electron chi connectivity index (χ0n) is 13.2. The van der Waals surface area contributed by atoms with Crippen LogP contribution >= 0.6 is 0 Å². The molecule has 1 saturated heterocycles. The van der Waals surface area contributed by atoms with E-state index in [2.05, 4.69) is 25.7 Å². The van der Waals surface area contributed by atoms with E-state index >= 15 is 0 Å². The number of likely N-dealkylation sites (tertiary alicyclic amines) is 1. The minimum Gasteiger partial charge on any atom is -0.392 e. The molecule has 1 saturated carbocycles. The molecule has 0 amide bonds. The second kappa shape index (κ2) is 6.58. The van der Waals surface area contributed by atoms with Gasteiger partial charge in [0.1, 0.15) is 0 Å². The van der Waals surface area contributed by atoms with Gasteiger partial charge in [-0.2, -0.15) is 0 Å². The van der Waals surface area contributed by atoms with Crippen molar-refractivity contribution in [3.8, 4) is 0 Å². The maximum atomic E-state index is 10.6. The Hall–Kier alpha value is -0.0800. The topological polar surface area (TPSA) is 23.5 Å². The van der Waals surface area contributed by atoms with Crippen LogP contribution in [0, 0.1) is 11.3 Å². The Bertz CT molecular complexity index is 276. The minimum atomic E-state index is -0.109. The van der Waals surface area contributed by atoms with Crippen LogP contribution in [-0.2, 0) is 0 Å². The van der Waals surface area contributed by atoms with Gasteiger partial charge in [-0.15, -0.1) is 0 Å². The molecule has 0 aromatic carbocycles. The van der Waals surface area contributed by atoms with Crippen molar-refractivity contribution in [1.82, 2.24) is 4.90 Å². The SMILES string of the molecule is CCC1CCCCCN1CC1CCCC(C)(C)C1O. The van der Waals surface area contributed by atoms with Gasteiger partial charge in [-0.3, -0.25) is 0 Å². The fourth-order valence-electron chi connectivity index (χ4n) is 4.20. The van der Waals surface area contributed by atoms with E-state index in [9.17, 15) is 5.11 Å². The highest BCUT2D eigenvalue weighted by Gasteiger charge is 2.38. The van der Waals surface area contributed by atoms with Crippen LogP contribution in [0.5, 0.6) is 0 Å². The van der Waals surface area contributed by atoms with Gasteiger partial charge >= 0.3 is 0 Å². The van der Waals surface area contributed by atoms with Crippen LogP contribution in [0.4, 0.5) is 0 Å². The van der Waals surface area contributed by atoms with Crippen molar-refractivity contribution in [3.63, 3.8) is 0 Å². The van der Waals surface area contributed by atoms with E-state index in [4.69, 9.17) is 0 Å². The van der Waals surface area contributed by atoms with E-state index in [0.717, 1.165) is 12.6 Å². The number of nitrogens with zero attached hydrogens (tertiary/aromatic N) is 1. The van der Waals surface area contributed by atoms with Crippen molar-refractivity contribution in [2.75, 3.05) is 13.1 Å². The first kappa shape index (κ1) is 15.3. The van der Waals surface area contributed by atoms with Gasteiger partial charge in [0.05, 0.1) is 6.10 Å². The van der Waals surface area contributed by atoms with Gasteiger partial charge in [0.15, 0.2) is 0 Å². The summed E-state index contributed by atoms with van der Waals surface area (Å²) in [6.45, 7) is 9.18. The van der Waals surface area contributed by atoms with Crippen molar-refractivity contribution >= 4 is 0 Å². The van der Waals surface area contributed by atoms with Gasteiger partial charge in [0.25, 0.3) is 0 Å². The molecule has 2 fully saturated rings. The first-order valence-corrected chi connectivity index (χ1v) is 8.46. The van der Waals surface area contributed by atoms with Crippen LogP contribution in [0.25, 0.3) is 0 Å². The first-order valence-electron chi connectivity index (χ1n) is 8.46. The quantitative estimate of drug-likeness (QED) is 0.840. The summed E-state index contributed by atoms with van der Waals surface area (Å²) < 4.78 is 0. The molecule has 0 aromatic heterocycles. The van der Waals surface area contributed by atoms with Gasteiger partial charge in [-0.05, 0) is 50.0 Å². The summed E-state index contributed by atoms with van der Waals surface area (Å²) in [5.74, 6) is 0.496. The van der Waals surface area contributed by atoms with E-state index in [1.807, 2.05) is 0 Å². The summed E-state index contributed by atoms with van der Waals surface area (Å²) >= 11 is 0. The number of rotatable bonds is 3. The van der Waals surface area contributed by atoms with Crippen LogP contribution in [0.15, 0.2) is 0 Å². The Morgan fingerprint density at radius 1 is 1.11 bits per heavy atom. The first-order chi connectivity index (χ1) is 9.04. The lowest BCUT2D eigenvalue weighted by Gasteiger charge is -2.43. The van der Waals surface area contributed by atoms with Gasteiger partial charge in [-0.1, -0.05) is 40.0 Å². The zero-order chi connectivity index (χ0) is 13.9. The molecule has 2 aliphatic rings. The molecule has 1 N–H and O–H groups in total. The summed E-state index contributed by atoms with van der Waals surface area (Å²) in [4.78, 5) is 2.70. The number of hydrogen-bond acceptors (Lipinski definition) is 2. The highest BCUT2D eigenvalue weighted by Crippen LogP contribution is 2.39. The summed E-state index contributed by atoms with van der Waals surface area (Å²) in [5, 5.41) is 10.6. The van der Waals surface area contributed by atoms with Crippen molar-refractivity contribution in [3.05, 3.63) is 0 Å². The average Bonchev–Trinajstić information content (AvgIpc) is 2.60. The minimum absolute atomic E-state index is 0.109. The molecule has 1 heterocycles. The second-order valence-corrected chi connectivity index (χ2v) is 7.49. The number of hydrogen-bond donors (Lipinski definition) is 1. The van der Waals surface area contributed by atoms with Crippen LogP contribution < -0.4 is 0 Å². The summed E-state index contributed by atoms with van der Waals surface area (Å²) in [5.41, 5.74) is 0.122.